The SMILES string of the molecule is Cc1cccnc1C1CCC[C@@H](c2ncccc2C)N1Cc1ccc(F)cc1CO. The summed E-state index contributed by atoms with van der Waals surface area (Å²) in [6, 6.07) is 13.1. The second-order valence-corrected chi connectivity index (χ2v) is 8.12. The Morgan fingerprint density at radius 2 is 1.53 bits per heavy atom. The Hall–Kier alpha value is -2.63. The maximum absolute atomic E-state index is 13.8. The van der Waals surface area contributed by atoms with E-state index < -0.39 is 0 Å². The van der Waals surface area contributed by atoms with Gasteiger partial charge >= 0.3 is 0 Å². The number of hydrogen-bond donors (Lipinski definition) is 1. The van der Waals surface area contributed by atoms with Crippen LogP contribution in [0, 0.1) is 19.7 Å². The molecular weight excluding hydrogens is 377 g/mol. The Labute approximate surface area is 177 Å². The summed E-state index contributed by atoms with van der Waals surface area (Å²) < 4.78 is 13.8. The van der Waals surface area contributed by atoms with Gasteiger partial charge in [-0.2, -0.15) is 0 Å². The average Bonchev–Trinajstić information content (AvgIpc) is 2.76. The molecule has 2 atom stereocenters. The number of aliphatic hydroxyl groups is 1. The molecule has 0 bridgehead atoms. The van der Waals surface area contributed by atoms with Crippen LogP contribution in [0.3, 0.4) is 0 Å². The molecule has 0 amide bonds. The minimum absolute atomic E-state index is 0.142. The van der Waals surface area contributed by atoms with E-state index in [0.29, 0.717) is 12.1 Å². The zero-order valence-corrected chi connectivity index (χ0v) is 17.6. The normalized spacial score (nSPS) is 19.7. The largest absolute Gasteiger partial charge is 0.392 e. The lowest BCUT2D eigenvalue weighted by Gasteiger charge is -2.42. The molecule has 3 aromatic rings. The van der Waals surface area contributed by atoms with Crippen LogP contribution in [0.2, 0.25) is 0 Å². The Kier molecular flexibility index (Phi) is 6.21. The molecule has 1 aliphatic rings. The van der Waals surface area contributed by atoms with Gasteiger partial charge in [-0.25, -0.2) is 4.39 Å². The zero-order chi connectivity index (χ0) is 21.1. The molecule has 1 fully saturated rings. The van der Waals surface area contributed by atoms with Crippen molar-refractivity contribution in [2.45, 2.75) is 58.3 Å². The van der Waals surface area contributed by atoms with Crippen molar-refractivity contribution in [2.75, 3.05) is 0 Å². The lowest BCUT2D eigenvalue weighted by Crippen LogP contribution is -2.37. The summed E-state index contributed by atoms with van der Waals surface area (Å²) in [5.41, 5.74) is 6.10. The number of hydrogen-bond acceptors (Lipinski definition) is 4. The first kappa shape index (κ1) is 20.6. The summed E-state index contributed by atoms with van der Waals surface area (Å²) in [6.45, 7) is 4.64. The van der Waals surface area contributed by atoms with Crippen molar-refractivity contribution in [1.29, 1.82) is 0 Å². The summed E-state index contributed by atoms with van der Waals surface area (Å²) in [5.74, 6) is -0.323. The van der Waals surface area contributed by atoms with E-state index in [1.54, 1.807) is 6.07 Å². The molecule has 1 aromatic carbocycles. The summed E-state index contributed by atoms with van der Waals surface area (Å²) in [7, 11) is 0. The third-order valence-electron chi connectivity index (χ3n) is 6.18. The molecular formula is C25H28FN3O. The number of nitrogens with zero attached hydrogens (tertiary/aromatic N) is 3. The maximum Gasteiger partial charge on any atom is 0.123 e. The van der Waals surface area contributed by atoms with Crippen LogP contribution < -0.4 is 0 Å². The molecule has 4 nitrogen and oxygen atoms in total. The fraction of sp³-hybridized carbons (Fsp3) is 0.360. The van der Waals surface area contributed by atoms with Gasteiger partial charge in [0.1, 0.15) is 5.82 Å². The zero-order valence-electron chi connectivity index (χ0n) is 17.6. The van der Waals surface area contributed by atoms with Crippen LogP contribution in [0.4, 0.5) is 4.39 Å². The van der Waals surface area contributed by atoms with Crippen molar-refractivity contribution in [3.63, 3.8) is 0 Å². The van der Waals surface area contributed by atoms with Gasteiger partial charge in [0, 0.05) is 18.9 Å². The van der Waals surface area contributed by atoms with Crippen LogP contribution in [0.25, 0.3) is 0 Å². The first-order chi connectivity index (χ1) is 14.6. The monoisotopic (exact) mass is 405 g/mol. The van der Waals surface area contributed by atoms with E-state index in [1.165, 1.54) is 23.3 Å². The number of aromatic nitrogens is 2. The van der Waals surface area contributed by atoms with E-state index in [-0.39, 0.29) is 24.5 Å². The van der Waals surface area contributed by atoms with Crippen molar-refractivity contribution in [2.24, 2.45) is 0 Å². The molecule has 156 valence electrons. The maximum atomic E-state index is 13.8. The number of piperidine rings is 1. The lowest BCUT2D eigenvalue weighted by molar-refractivity contribution is 0.0671. The summed E-state index contributed by atoms with van der Waals surface area (Å²) in [5, 5.41) is 9.82. The molecule has 1 N–H and O–H groups in total. The van der Waals surface area contributed by atoms with Crippen LogP contribution in [0.1, 0.15) is 65.0 Å². The van der Waals surface area contributed by atoms with Crippen molar-refractivity contribution in [3.8, 4) is 0 Å². The molecule has 1 aliphatic heterocycles. The number of aliphatic hydroxyl groups excluding tert-OH is 1. The number of halogens is 1. The molecule has 0 aliphatic carbocycles. The van der Waals surface area contributed by atoms with Gasteiger partial charge in [-0.1, -0.05) is 18.2 Å². The second-order valence-electron chi connectivity index (χ2n) is 8.12. The van der Waals surface area contributed by atoms with Gasteiger partial charge in [0.2, 0.25) is 0 Å². The smallest absolute Gasteiger partial charge is 0.123 e. The fourth-order valence-corrected chi connectivity index (χ4v) is 4.65. The van der Waals surface area contributed by atoms with Crippen LogP contribution in [-0.4, -0.2) is 20.0 Å². The van der Waals surface area contributed by atoms with Crippen LogP contribution in [0.15, 0.2) is 54.9 Å². The standard InChI is InChI=1S/C25H28FN3O/c1-17-6-4-12-27-24(17)22-8-3-9-23(25-18(2)7-5-13-28-25)29(22)15-19-10-11-21(26)14-20(19)16-30/h4-7,10-14,22-23,30H,3,8-9,15-16H2,1-2H3/t22-,23?/m0/s1. The summed E-state index contributed by atoms with van der Waals surface area (Å²) in [6.07, 6.45) is 6.82. The van der Waals surface area contributed by atoms with Gasteiger partial charge in [-0.3, -0.25) is 14.9 Å². The van der Waals surface area contributed by atoms with Gasteiger partial charge in [0.05, 0.1) is 30.1 Å². The van der Waals surface area contributed by atoms with E-state index in [1.807, 2.05) is 24.5 Å². The molecule has 0 radical (unpaired) electrons. The molecule has 1 unspecified atom stereocenters. The first-order valence-electron chi connectivity index (χ1n) is 10.6. The highest BCUT2D eigenvalue weighted by Gasteiger charge is 2.35. The Morgan fingerprint density at radius 1 is 0.933 bits per heavy atom. The lowest BCUT2D eigenvalue weighted by atomic mass is 9.88. The van der Waals surface area contributed by atoms with Gasteiger partial charge in [0.25, 0.3) is 0 Å². The van der Waals surface area contributed by atoms with Crippen LogP contribution in [-0.2, 0) is 13.2 Å². The highest BCUT2D eigenvalue weighted by atomic mass is 19.1. The number of pyridine rings is 2. The van der Waals surface area contributed by atoms with Gasteiger partial charge in [-0.15, -0.1) is 0 Å². The molecule has 4 rings (SSSR count). The van der Waals surface area contributed by atoms with E-state index in [9.17, 15) is 9.50 Å². The Morgan fingerprint density at radius 3 is 2.07 bits per heavy atom. The quantitative estimate of drug-likeness (QED) is 0.634. The number of likely N-dealkylation sites (tertiary alicyclic amines) is 1. The van der Waals surface area contributed by atoms with Gasteiger partial charge in [-0.05, 0) is 79.6 Å². The van der Waals surface area contributed by atoms with Crippen LogP contribution >= 0.6 is 0 Å². The van der Waals surface area contributed by atoms with Crippen molar-refractivity contribution >= 4 is 0 Å². The van der Waals surface area contributed by atoms with Crippen LogP contribution in [0.5, 0.6) is 0 Å². The predicted octanol–water partition coefficient (Wildman–Crippen LogP) is 5.19. The third-order valence-corrected chi connectivity index (χ3v) is 6.18. The molecule has 0 saturated carbocycles. The highest BCUT2D eigenvalue weighted by Crippen LogP contribution is 2.43. The molecule has 0 spiro atoms. The van der Waals surface area contributed by atoms with E-state index in [4.69, 9.17) is 9.97 Å². The average molecular weight is 406 g/mol. The minimum Gasteiger partial charge on any atom is -0.392 e. The van der Waals surface area contributed by atoms with E-state index >= 15 is 0 Å². The van der Waals surface area contributed by atoms with Crippen molar-refractivity contribution in [3.05, 3.63) is 94.3 Å². The number of benzene rings is 1. The van der Waals surface area contributed by atoms with E-state index in [2.05, 4.69) is 30.9 Å². The molecule has 30 heavy (non-hydrogen) atoms. The molecule has 2 aromatic heterocycles. The third kappa shape index (κ3) is 4.13. The van der Waals surface area contributed by atoms with Crippen molar-refractivity contribution in [1.82, 2.24) is 14.9 Å². The van der Waals surface area contributed by atoms with Crippen molar-refractivity contribution < 1.29 is 9.50 Å². The Balaban J connectivity index is 1.79. The highest BCUT2D eigenvalue weighted by molar-refractivity contribution is 5.30. The molecule has 5 heteroatoms. The second kappa shape index (κ2) is 9.02. The van der Waals surface area contributed by atoms with Gasteiger partial charge < -0.3 is 5.11 Å². The summed E-state index contributed by atoms with van der Waals surface area (Å²) in [4.78, 5) is 11.9. The first-order valence-corrected chi connectivity index (χ1v) is 10.6. The number of aryl methyl sites for hydroxylation is 2. The van der Waals surface area contributed by atoms with Gasteiger partial charge in [0.15, 0.2) is 0 Å². The minimum atomic E-state index is -0.323. The predicted molar refractivity (Wildman–Crippen MR) is 115 cm³/mol. The summed E-state index contributed by atoms with van der Waals surface area (Å²) >= 11 is 0. The fourth-order valence-electron chi connectivity index (χ4n) is 4.65. The molecule has 1 saturated heterocycles. The van der Waals surface area contributed by atoms with E-state index in [0.717, 1.165) is 36.2 Å². The molecule has 3 heterocycles. The Bertz CT molecular complexity index is 969. The topological polar surface area (TPSA) is 49.2 Å². The number of rotatable bonds is 5.